The standard InChI is InChI=1S/C21H16ClNO4S/c22-13-7-8-17-16(10-13)21(27,11-19(25)15-5-1-2-6-18(15)24)20(26)23(17)12-14-4-3-9-28-14/h1-10,24,27H,11-12H2/t21-/m1/s1. The van der Waals surface area contributed by atoms with Crippen molar-refractivity contribution < 1.29 is 19.8 Å². The Labute approximate surface area is 170 Å². The highest BCUT2D eigenvalue weighted by Gasteiger charge is 2.51. The predicted octanol–water partition coefficient (Wildman–Crippen LogP) is 4.11. The number of nitrogens with zero attached hydrogens (tertiary/aromatic N) is 1. The highest BCUT2D eigenvalue weighted by atomic mass is 35.5. The van der Waals surface area contributed by atoms with Crippen molar-refractivity contribution in [1.29, 1.82) is 0 Å². The number of aliphatic hydroxyl groups is 1. The Morgan fingerprint density at radius 3 is 2.64 bits per heavy atom. The first-order valence-electron chi connectivity index (χ1n) is 8.58. The van der Waals surface area contributed by atoms with Crippen LogP contribution in [0, 0.1) is 0 Å². The number of ketones is 1. The molecule has 2 heterocycles. The van der Waals surface area contributed by atoms with Crippen LogP contribution in [0.2, 0.25) is 5.02 Å². The van der Waals surface area contributed by atoms with Crippen molar-refractivity contribution >= 4 is 40.3 Å². The molecule has 7 heteroatoms. The van der Waals surface area contributed by atoms with Crippen molar-refractivity contribution in [3.8, 4) is 5.75 Å². The largest absolute Gasteiger partial charge is 0.507 e. The summed E-state index contributed by atoms with van der Waals surface area (Å²) >= 11 is 7.60. The Balaban J connectivity index is 1.73. The van der Waals surface area contributed by atoms with Gasteiger partial charge in [-0.25, -0.2) is 0 Å². The number of phenolic OH excluding ortho intramolecular Hbond substituents is 1. The lowest BCUT2D eigenvalue weighted by Gasteiger charge is -2.22. The van der Waals surface area contributed by atoms with Gasteiger partial charge in [0.15, 0.2) is 11.4 Å². The van der Waals surface area contributed by atoms with Gasteiger partial charge in [-0.15, -0.1) is 11.3 Å². The predicted molar refractivity (Wildman–Crippen MR) is 108 cm³/mol. The van der Waals surface area contributed by atoms with Gasteiger partial charge < -0.3 is 15.1 Å². The van der Waals surface area contributed by atoms with Crippen LogP contribution < -0.4 is 4.90 Å². The smallest absolute Gasteiger partial charge is 0.264 e. The van der Waals surface area contributed by atoms with Crippen molar-refractivity contribution in [2.45, 2.75) is 18.6 Å². The number of aromatic hydroxyl groups is 1. The number of hydrogen-bond donors (Lipinski definition) is 2. The summed E-state index contributed by atoms with van der Waals surface area (Å²) in [6.07, 6.45) is -0.488. The van der Waals surface area contributed by atoms with E-state index in [-0.39, 0.29) is 17.9 Å². The first-order chi connectivity index (χ1) is 13.4. The normalized spacial score (nSPS) is 18.4. The molecule has 0 aliphatic carbocycles. The van der Waals surface area contributed by atoms with Crippen molar-refractivity contribution in [1.82, 2.24) is 0 Å². The highest BCUT2D eigenvalue weighted by molar-refractivity contribution is 7.09. The van der Waals surface area contributed by atoms with Gasteiger partial charge in [-0.3, -0.25) is 9.59 Å². The molecule has 1 aliphatic rings. The van der Waals surface area contributed by atoms with Gasteiger partial charge in [0.2, 0.25) is 0 Å². The maximum absolute atomic E-state index is 13.2. The Kier molecular flexibility index (Phi) is 4.71. The lowest BCUT2D eigenvalue weighted by Crippen LogP contribution is -2.41. The molecule has 0 saturated carbocycles. The third-order valence-electron chi connectivity index (χ3n) is 4.81. The van der Waals surface area contributed by atoms with E-state index < -0.39 is 23.7 Å². The van der Waals surface area contributed by atoms with E-state index in [9.17, 15) is 19.8 Å². The molecule has 4 rings (SSSR count). The minimum Gasteiger partial charge on any atom is -0.507 e. The minimum atomic E-state index is -2.04. The molecule has 2 aromatic carbocycles. The van der Waals surface area contributed by atoms with Gasteiger partial charge in [0, 0.05) is 15.5 Å². The quantitative estimate of drug-likeness (QED) is 0.617. The van der Waals surface area contributed by atoms with Crippen molar-refractivity contribution in [2.75, 3.05) is 4.90 Å². The van der Waals surface area contributed by atoms with Crippen molar-refractivity contribution in [3.05, 3.63) is 81.0 Å². The SMILES string of the molecule is O=C(C[C@]1(O)C(=O)N(Cc2cccs2)c2ccc(Cl)cc21)c1ccccc1O. The second-order valence-electron chi connectivity index (χ2n) is 6.61. The summed E-state index contributed by atoms with van der Waals surface area (Å²) in [6.45, 7) is 0.290. The molecule has 28 heavy (non-hydrogen) atoms. The van der Waals surface area contributed by atoms with E-state index in [4.69, 9.17) is 11.6 Å². The van der Waals surface area contributed by atoms with Gasteiger partial charge in [-0.05, 0) is 41.8 Å². The summed E-state index contributed by atoms with van der Waals surface area (Å²) in [5, 5.41) is 23.5. The van der Waals surface area contributed by atoms with E-state index >= 15 is 0 Å². The van der Waals surface area contributed by atoms with E-state index in [1.165, 1.54) is 34.4 Å². The zero-order chi connectivity index (χ0) is 19.9. The number of amides is 1. The average Bonchev–Trinajstić information content (AvgIpc) is 3.24. The molecule has 0 fully saturated rings. The van der Waals surface area contributed by atoms with Gasteiger partial charge in [-0.2, -0.15) is 0 Å². The molecule has 0 radical (unpaired) electrons. The summed E-state index contributed by atoms with van der Waals surface area (Å²) in [6, 6.07) is 14.7. The van der Waals surface area contributed by atoms with Crippen LogP contribution in [0.3, 0.4) is 0 Å². The topological polar surface area (TPSA) is 77.8 Å². The molecule has 1 atom stereocenters. The van der Waals surface area contributed by atoms with E-state index in [1.54, 1.807) is 24.3 Å². The van der Waals surface area contributed by atoms with E-state index in [0.717, 1.165) is 4.88 Å². The monoisotopic (exact) mass is 413 g/mol. The highest BCUT2D eigenvalue weighted by Crippen LogP contribution is 2.45. The minimum absolute atomic E-state index is 0.0593. The lowest BCUT2D eigenvalue weighted by molar-refractivity contribution is -0.136. The Bertz CT molecular complexity index is 1070. The summed E-state index contributed by atoms with van der Waals surface area (Å²) in [5.74, 6) is -1.30. The van der Waals surface area contributed by atoms with Gasteiger partial charge in [0.25, 0.3) is 5.91 Å². The molecule has 1 aromatic heterocycles. The molecule has 2 N–H and O–H groups in total. The van der Waals surface area contributed by atoms with Gasteiger partial charge in [0.1, 0.15) is 5.75 Å². The van der Waals surface area contributed by atoms with Crippen LogP contribution >= 0.6 is 22.9 Å². The van der Waals surface area contributed by atoms with Crippen LogP contribution in [0.25, 0.3) is 0 Å². The zero-order valence-corrected chi connectivity index (χ0v) is 16.2. The summed E-state index contributed by atoms with van der Waals surface area (Å²) in [4.78, 5) is 28.4. The molecule has 5 nitrogen and oxygen atoms in total. The molecule has 0 spiro atoms. The molecular formula is C21H16ClNO4S. The molecule has 0 unspecified atom stereocenters. The van der Waals surface area contributed by atoms with Crippen molar-refractivity contribution in [2.24, 2.45) is 0 Å². The summed E-state index contributed by atoms with van der Waals surface area (Å²) < 4.78 is 0. The van der Waals surface area contributed by atoms with Crippen LogP contribution in [0.1, 0.15) is 27.2 Å². The average molecular weight is 414 g/mol. The number of rotatable bonds is 5. The molecular weight excluding hydrogens is 398 g/mol. The fourth-order valence-corrected chi connectivity index (χ4v) is 4.31. The molecule has 1 amide bonds. The fourth-order valence-electron chi connectivity index (χ4n) is 3.45. The number of benzene rings is 2. The van der Waals surface area contributed by atoms with Crippen LogP contribution in [0.5, 0.6) is 5.75 Å². The molecule has 1 aliphatic heterocycles. The first kappa shape index (κ1) is 18.7. The molecule has 3 aromatic rings. The van der Waals surface area contributed by atoms with Gasteiger partial charge in [-0.1, -0.05) is 29.8 Å². The fraction of sp³-hybridized carbons (Fsp3) is 0.143. The summed E-state index contributed by atoms with van der Waals surface area (Å²) in [7, 11) is 0. The maximum Gasteiger partial charge on any atom is 0.264 e. The molecule has 142 valence electrons. The number of halogens is 1. The zero-order valence-electron chi connectivity index (χ0n) is 14.6. The Hall–Kier alpha value is -2.67. The van der Waals surface area contributed by atoms with Crippen LogP contribution in [0.4, 0.5) is 5.69 Å². The third-order valence-corrected chi connectivity index (χ3v) is 5.91. The number of anilines is 1. The lowest BCUT2D eigenvalue weighted by atomic mass is 9.88. The number of thiophene rings is 1. The van der Waals surface area contributed by atoms with Crippen LogP contribution in [-0.2, 0) is 16.9 Å². The third kappa shape index (κ3) is 3.09. The maximum atomic E-state index is 13.2. The number of carbonyl (C=O) groups is 2. The number of hydrogen-bond acceptors (Lipinski definition) is 5. The van der Waals surface area contributed by atoms with Crippen molar-refractivity contribution in [3.63, 3.8) is 0 Å². The number of para-hydroxylation sites is 1. The van der Waals surface area contributed by atoms with Gasteiger partial charge in [0.05, 0.1) is 24.2 Å². The second-order valence-corrected chi connectivity index (χ2v) is 8.08. The number of Topliss-reactive ketones (excluding diaryl/α,β-unsaturated/α-hetero) is 1. The van der Waals surface area contributed by atoms with E-state index in [0.29, 0.717) is 16.3 Å². The first-order valence-corrected chi connectivity index (χ1v) is 9.84. The van der Waals surface area contributed by atoms with E-state index in [2.05, 4.69) is 0 Å². The Morgan fingerprint density at radius 2 is 1.93 bits per heavy atom. The number of fused-ring (bicyclic) bond motifs is 1. The summed E-state index contributed by atoms with van der Waals surface area (Å²) in [5.41, 5.74) is -1.17. The van der Waals surface area contributed by atoms with Crippen LogP contribution in [-0.4, -0.2) is 21.9 Å². The second kappa shape index (κ2) is 7.05. The number of carbonyl (C=O) groups excluding carboxylic acids is 2. The molecule has 0 bridgehead atoms. The van der Waals surface area contributed by atoms with E-state index in [1.807, 2.05) is 17.5 Å². The van der Waals surface area contributed by atoms with Crippen LogP contribution in [0.15, 0.2) is 60.0 Å². The Morgan fingerprint density at radius 1 is 1.14 bits per heavy atom. The molecule has 0 saturated heterocycles. The number of phenols is 1. The van der Waals surface area contributed by atoms with Gasteiger partial charge >= 0.3 is 0 Å².